The maximum atomic E-state index is 12.1. The van der Waals surface area contributed by atoms with Crippen molar-refractivity contribution in [1.82, 2.24) is 25.5 Å². The Morgan fingerprint density at radius 1 is 1.28 bits per heavy atom. The Balaban J connectivity index is 1.44. The van der Waals surface area contributed by atoms with Crippen molar-refractivity contribution >= 4 is 39.7 Å². The van der Waals surface area contributed by atoms with Crippen molar-refractivity contribution < 1.29 is 9.21 Å². The smallest absolute Gasteiger partial charge is 0.231 e. The molecule has 1 amide bonds. The van der Waals surface area contributed by atoms with Gasteiger partial charge in [0, 0.05) is 10.9 Å². The molecule has 0 bridgehead atoms. The zero-order valence-corrected chi connectivity index (χ0v) is 14.2. The molecule has 8 heteroatoms. The van der Waals surface area contributed by atoms with Gasteiger partial charge in [0.2, 0.25) is 11.1 Å². The van der Waals surface area contributed by atoms with Crippen molar-refractivity contribution in [3.63, 3.8) is 0 Å². The number of aromatic amines is 1. The average molecular weight is 353 g/mol. The number of aromatic nitrogens is 4. The van der Waals surface area contributed by atoms with Crippen LogP contribution in [0.25, 0.3) is 22.1 Å². The molecule has 3 aromatic heterocycles. The highest BCUT2D eigenvalue weighted by molar-refractivity contribution is 7.99. The molecule has 0 spiro atoms. The number of fused-ring (bicyclic) bond motifs is 3. The predicted octanol–water partition coefficient (Wildman–Crippen LogP) is 3.07. The predicted molar refractivity (Wildman–Crippen MR) is 95.2 cm³/mol. The first-order valence-corrected chi connectivity index (χ1v) is 8.76. The Morgan fingerprint density at radius 2 is 2.16 bits per heavy atom. The maximum absolute atomic E-state index is 12.1. The quantitative estimate of drug-likeness (QED) is 0.535. The lowest BCUT2D eigenvalue weighted by Gasteiger charge is -2.10. The van der Waals surface area contributed by atoms with Crippen LogP contribution in [0.2, 0.25) is 0 Å². The van der Waals surface area contributed by atoms with Crippen LogP contribution in [0.5, 0.6) is 0 Å². The Morgan fingerprint density at radius 3 is 3.00 bits per heavy atom. The third kappa shape index (κ3) is 3.20. The summed E-state index contributed by atoms with van der Waals surface area (Å²) >= 11 is 1.25. The number of benzene rings is 1. The second kappa shape index (κ2) is 6.56. The molecule has 0 unspecified atom stereocenters. The first kappa shape index (κ1) is 15.6. The molecule has 0 fully saturated rings. The van der Waals surface area contributed by atoms with E-state index in [0.717, 1.165) is 22.2 Å². The minimum atomic E-state index is -0.182. The zero-order chi connectivity index (χ0) is 17.2. The van der Waals surface area contributed by atoms with Gasteiger partial charge in [-0.25, -0.2) is 4.98 Å². The largest absolute Gasteiger partial charge is 0.467 e. The molecule has 0 saturated heterocycles. The van der Waals surface area contributed by atoms with Crippen LogP contribution >= 0.6 is 11.8 Å². The monoisotopic (exact) mass is 353 g/mol. The number of carbonyl (C=O) groups excluding carboxylic acids is 1. The van der Waals surface area contributed by atoms with Crippen LogP contribution in [-0.4, -0.2) is 31.8 Å². The average Bonchev–Trinajstić information content (AvgIpc) is 3.27. The lowest BCUT2D eigenvalue weighted by Crippen LogP contribution is -2.28. The molecule has 0 radical (unpaired) electrons. The first-order chi connectivity index (χ1) is 12.2. The van der Waals surface area contributed by atoms with Crippen LogP contribution < -0.4 is 5.32 Å². The summed E-state index contributed by atoms with van der Waals surface area (Å²) in [6, 6.07) is 11.3. The first-order valence-electron chi connectivity index (χ1n) is 7.77. The second-order valence-electron chi connectivity index (χ2n) is 5.56. The lowest BCUT2D eigenvalue weighted by molar-refractivity contribution is -0.119. The van der Waals surface area contributed by atoms with Gasteiger partial charge >= 0.3 is 0 Å². The molecule has 0 aliphatic carbocycles. The van der Waals surface area contributed by atoms with Crippen LogP contribution in [0.1, 0.15) is 18.7 Å². The fraction of sp³-hybridized carbons (Fsp3) is 0.176. The molecule has 3 heterocycles. The molecule has 2 N–H and O–H groups in total. The number of carbonyl (C=O) groups is 1. The van der Waals surface area contributed by atoms with E-state index in [1.165, 1.54) is 11.8 Å². The van der Waals surface area contributed by atoms with E-state index in [1.807, 2.05) is 37.3 Å². The van der Waals surface area contributed by atoms with Crippen LogP contribution in [0.15, 0.2) is 52.2 Å². The van der Waals surface area contributed by atoms with E-state index in [2.05, 4.69) is 25.5 Å². The number of H-pyrrole nitrogens is 1. The van der Waals surface area contributed by atoms with Crippen molar-refractivity contribution in [2.45, 2.75) is 18.1 Å². The highest BCUT2D eigenvalue weighted by atomic mass is 32.2. The van der Waals surface area contributed by atoms with E-state index < -0.39 is 0 Å². The van der Waals surface area contributed by atoms with Gasteiger partial charge in [-0.2, -0.15) is 0 Å². The number of para-hydroxylation sites is 1. The summed E-state index contributed by atoms with van der Waals surface area (Å²) in [7, 11) is 0. The number of hydrogen-bond donors (Lipinski definition) is 2. The third-order valence-electron chi connectivity index (χ3n) is 3.78. The van der Waals surface area contributed by atoms with Crippen LogP contribution in [0.4, 0.5) is 0 Å². The van der Waals surface area contributed by atoms with E-state index in [1.54, 1.807) is 12.3 Å². The number of nitrogens with zero attached hydrogens (tertiary/aromatic N) is 3. The van der Waals surface area contributed by atoms with Gasteiger partial charge in [0.25, 0.3) is 0 Å². The van der Waals surface area contributed by atoms with Crippen LogP contribution in [0.3, 0.4) is 0 Å². The van der Waals surface area contributed by atoms with Crippen molar-refractivity contribution in [3.8, 4) is 0 Å². The van der Waals surface area contributed by atoms with Crippen LogP contribution in [0, 0.1) is 0 Å². The highest BCUT2D eigenvalue weighted by Crippen LogP contribution is 2.23. The third-order valence-corrected chi connectivity index (χ3v) is 4.62. The van der Waals surface area contributed by atoms with E-state index in [-0.39, 0.29) is 17.7 Å². The fourth-order valence-corrected chi connectivity index (χ4v) is 3.19. The van der Waals surface area contributed by atoms with Gasteiger partial charge in [0.1, 0.15) is 11.3 Å². The minimum Gasteiger partial charge on any atom is -0.467 e. The van der Waals surface area contributed by atoms with Gasteiger partial charge in [-0.1, -0.05) is 30.0 Å². The number of thioether (sulfide) groups is 1. The van der Waals surface area contributed by atoms with Gasteiger partial charge in [-0.05, 0) is 25.1 Å². The molecule has 0 aliphatic heterocycles. The summed E-state index contributed by atoms with van der Waals surface area (Å²) in [5.41, 5.74) is 2.37. The molecule has 4 rings (SSSR count). The Hall–Kier alpha value is -2.87. The van der Waals surface area contributed by atoms with Gasteiger partial charge < -0.3 is 14.7 Å². The summed E-state index contributed by atoms with van der Waals surface area (Å²) in [5, 5.41) is 12.7. The topological polar surface area (TPSA) is 96.7 Å². The Bertz CT molecular complexity index is 1030. The Labute approximate surface area is 147 Å². The van der Waals surface area contributed by atoms with Crippen molar-refractivity contribution in [2.75, 3.05) is 5.75 Å². The minimum absolute atomic E-state index is 0.116. The molecule has 1 atom stereocenters. The summed E-state index contributed by atoms with van der Waals surface area (Å²) in [4.78, 5) is 19.7. The van der Waals surface area contributed by atoms with E-state index in [0.29, 0.717) is 10.8 Å². The fourth-order valence-electron chi connectivity index (χ4n) is 2.59. The van der Waals surface area contributed by atoms with E-state index >= 15 is 0 Å². The Kier molecular flexibility index (Phi) is 4.10. The van der Waals surface area contributed by atoms with Gasteiger partial charge in [-0.15, -0.1) is 10.2 Å². The summed E-state index contributed by atoms with van der Waals surface area (Å²) in [6.45, 7) is 1.87. The van der Waals surface area contributed by atoms with Crippen molar-refractivity contribution in [3.05, 3.63) is 48.4 Å². The summed E-state index contributed by atoms with van der Waals surface area (Å²) in [5.74, 6) is 0.809. The number of hydrogen-bond acceptors (Lipinski definition) is 6. The summed E-state index contributed by atoms with van der Waals surface area (Å²) < 4.78 is 5.28. The molecular formula is C17H15N5O2S. The molecule has 25 heavy (non-hydrogen) atoms. The van der Waals surface area contributed by atoms with Gasteiger partial charge in [0.15, 0.2) is 5.65 Å². The number of furan rings is 1. The molecule has 1 aromatic carbocycles. The van der Waals surface area contributed by atoms with Crippen molar-refractivity contribution in [2.24, 2.45) is 0 Å². The molecule has 126 valence electrons. The molecule has 7 nitrogen and oxygen atoms in total. The molecule has 0 saturated carbocycles. The normalized spacial score (nSPS) is 12.5. The van der Waals surface area contributed by atoms with Crippen molar-refractivity contribution in [1.29, 1.82) is 0 Å². The summed E-state index contributed by atoms with van der Waals surface area (Å²) in [6.07, 6.45) is 1.59. The van der Waals surface area contributed by atoms with E-state index in [4.69, 9.17) is 4.42 Å². The van der Waals surface area contributed by atoms with Gasteiger partial charge in [-0.3, -0.25) is 4.79 Å². The number of nitrogens with one attached hydrogen (secondary N) is 2. The van der Waals surface area contributed by atoms with Gasteiger partial charge in [0.05, 0.1) is 18.1 Å². The van der Waals surface area contributed by atoms with E-state index in [9.17, 15) is 4.79 Å². The van der Waals surface area contributed by atoms with Crippen LogP contribution in [-0.2, 0) is 4.79 Å². The highest BCUT2D eigenvalue weighted by Gasteiger charge is 2.14. The second-order valence-corrected chi connectivity index (χ2v) is 6.50. The SMILES string of the molecule is C[C@H](NC(=O)CSc1nnc2c(n1)[nH]c1ccccc12)c1ccco1. The number of rotatable bonds is 5. The molecule has 0 aliphatic rings. The standard InChI is InChI=1S/C17H15N5O2S/c1-10(13-7-4-8-24-13)18-14(23)9-25-17-20-16-15(21-22-17)11-5-2-3-6-12(11)19-16/h2-8,10H,9H2,1H3,(H,18,23)(H,19,20,22)/t10-/m0/s1. The zero-order valence-electron chi connectivity index (χ0n) is 13.4. The molecule has 4 aromatic rings. The molecular weight excluding hydrogens is 338 g/mol. The lowest BCUT2D eigenvalue weighted by atomic mass is 10.2. The maximum Gasteiger partial charge on any atom is 0.231 e. The number of amides is 1.